The van der Waals surface area contributed by atoms with Crippen LogP contribution < -0.4 is 10.5 Å². The molecule has 0 aliphatic carbocycles. The molecule has 2 N–H and O–H groups in total. The minimum Gasteiger partial charge on any atom is -0.497 e. The Morgan fingerprint density at radius 3 is 2.58 bits per heavy atom. The molecule has 2 aromatic heterocycles. The van der Waals surface area contributed by atoms with E-state index in [-0.39, 0.29) is 0 Å². The number of hydrogen-bond donors (Lipinski definition) is 1. The van der Waals surface area contributed by atoms with Crippen LogP contribution in [-0.4, -0.2) is 23.0 Å². The van der Waals surface area contributed by atoms with E-state index in [1.165, 1.54) is 0 Å². The number of rotatable bonds is 4. The number of fused-ring (bicyclic) bond motifs is 1. The molecule has 2 heterocycles. The van der Waals surface area contributed by atoms with Crippen LogP contribution in [0.3, 0.4) is 0 Å². The van der Waals surface area contributed by atoms with Crippen LogP contribution in [0.1, 0.15) is 10.4 Å². The van der Waals surface area contributed by atoms with E-state index in [2.05, 4.69) is 9.97 Å². The largest absolute Gasteiger partial charge is 0.497 e. The van der Waals surface area contributed by atoms with Crippen molar-refractivity contribution in [1.82, 2.24) is 9.97 Å². The Morgan fingerprint density at radius 1 is 1.08 bits per heavy atom. The second-order valence-electron chi connectivity index (χ2n) is 5.69. The Hall–Kier alpha value is -3.25. The van der Waals surface area contributed by atoms with Crippen LogP contribution in [0.4, 0.5) is 0 Å². The van der Waals surface area contributed by atoms with Crippen molar-refractivity contribution in [3.05, 3.63) is 66.4 Å². The molecule has 0 atom stereocenters. The van der Waals surface area contributed by atoms with E-state index >= 15 is 0 Å². The van der Waals surface area contributed by atoms with Gasteiger partial charge in [-0.1, -0.05) is 24.3 Å². The molecule has 0 aliphatic heterocycles. The van der Waals surface area contributed by atoms with Gasteiger partial charge >= 0.3 is 0 Å². The van der Waals surface area contributed by atoms with Gasteiger partial charge in [0.1, 0.15) is 10.8 Å². The van der Waals surface area contributed by atoms with Gasteiger partial charge in [-0.25, -0.2) is 4.98 Å². The fourth-order valence-electron chi connectivity index (χ4n) is 2.76. The van der Waals surface area contributed by atoms with Crippen LogP contribution in [0.5, 0.6) is 5.75 Å². The molecule has 5 nitrogen and oxygen atoms in total. The monoisotopic (exact) mass is 361 g/mol. The highest BCUT2D eigenvalue weighted by Crippen LogP contribution is 2.33. The first-order valence-corrected chi connectivity index (χ1v) is 8.77. The zero-order valence-corrected chi connectivity index (χ0v) is 14.8. The molecule has 0 spiro atoms. The van der Waals surface area contributed by atoms with E-state index in [9.17, 15) is 4.79 Å². The summed E-state index contributed by atoms with van der Waals surface area (Å²) in [6, 6.07) is 17.0. The standard InChI is InChI=1S/C20H15N3O2S/c1-25-14-8-9-16-17(11-14)26-20(23-16)13-6-4-12(5-7-13)18-15(19(21)24)3-2-10-22-18/h2-11H,1H3,(H2,21,24). The van der Waals surface area contributed by atoms with Gasteiger partial charge in [-0.15, -0.1) is 11.3 Å². The Labute approximate surface area is 154 Å². The highest BCUT2D eigenvalue weighted by atomic mass is 32.1. The second-order valence-corrected chi connectivity index (χ2v) is 6.72. The Bertz CT molecular complexity index is 1100. The van der Waals surface area contributed by atoms with Crippen molar-refractivity contribution in [2.45, 2.75) is 0 Å². The molecule has 26 heavy (non-hydrogen) atoms. The highest BCUT2D eigenvalue weighted by molar-refractivity contribution is 7.21. The number of carbonyl (C=O) groups excluding carboxylic acids is 1. The minimum absolute atomic E-state index is 0.410. The number of hydrogen-bond acceptors (Lipinski definition) is 5. The van der Waals surface area contributed by atoms with Gasteiger partial charge in [0.05, 0.1) is 28.6 Å². The summed E-state index contributed by atoms with van der Waals surface area (Å²) in [5.74, 6) is 0.328. The molecule has 0 fully saturated rings. The maximum atomic E-state index is 11.6. The van der Waals surface area contributed by atoms with E-state index in [1.54, 1.807) is 36.8 Å². The summed E-state index contributed by atoms with van der Waals surface area (Å²) < 4.78 is 6.34. The summed E-state index contributed by atoms with van der Waals surface area (Å²) in [5, 5.41) is 0.927. The van der Waals surface area contributed by atoms with Crippen molar-refractivity contribution in [1.29, 1.82) is 0 Å². The number of aromatic nitrogens is 2. The Kier molecular flexibility index (Phi) is 4.10. The first kappa shape index (κ1) is 16.2. The maximum Gasteiger partial charge on any atom is 0.250 e. The summed E-state index contributed by atoms with van der Waals surface area (Å²) in [4.78, 5) is 20.6. The van der Waals surface area contributed by atoms with Gasteiger partial charge in [-0.05, 0) is 30.3 Å². The van der Waals surface area contributed by atoms with E-state index in [4.69, 9.17) is 10.5 Å². The first-order chi connectivity index (χ1) is 12.7. The number of methoxy groups -OCH3 is 1. The molecule has 4 rings (SSSR count). The quantitative estimate of drug-likeness (QED) is 0.593. The third-order valence-electron chi connectivity index (χ3n) is 4.07. The molecule has 0 aliphatic rings. The number of ether oxygens (including phenoxy) is 1. The van der Waals surface area contributed by atoms with Crippen molar-refractivity contribution < 1.29 is 9.53 Å². The summed E-state index contributed by atoms with van der Waals surface area (Å²) >= 11 is 1.61. The van der Waals surface area contributed by atoms with Gasteiger partial charge in [-0.3, -0.25) is 9.78 Å². The van der Waals surface area contributed by atoms with Crippen LogP contribution in [0.2, 0.25) is 0 Å². The average molecular weight is 361 g/mol. The zero-order valence-electron chi connectivity index (χ0n) is 14.0. The first-order valence-electron chi connectivity index (χ1n) is 7.96. The molecule has 1 amide bonds. The van der Waals surface area contributed by atoms with Crippen LogP contribution in [0.15, 0.2) is 60.8 Å². The SMILES string of the molecule is COc1ccc2nc(-c3ccc(-c4ncccc4C(N)=O)cc3)sc2c1. The third kappa shape index (κ3) is 2.91. The summed E-state index contributed by atoms with van der Waals surface area (Å²) in [6.45, 7) is 0. The predicted molar refractivity (Wildman–Crippen MR) is 103 cm³/mol. The normalized spacial score (nSPS) is 10.8. The third-order valence-corrected chi connectivity index (χ3v) is 5.14. The Balaban J connectivity index is 1.71. The van der Waals surface area contributed by atoms with E-state index in [1.807, 2.05) is 42.5 Å². The Morgan fingerprint density at radius 2 is 1.85 bits per heavy atom. The lowest BCUT2D eigenvalue weighted by Crippen LogP contribution is -2.12. The predicted octanol–water partition coefficient (Wildman–Crippen LogP) is 4.13. The van der Waals surface area contributed by atoms with Gasteiger partial charge in [-0.2, -0.15) is 0 Å². The smallest absolute Gasteiger partial charge is 0.250 e. The molecule has 0 saturated carbocycles. The lowest BCUT2D eigenvalue weighted by Gasteiger charge is -2.06. The lowest BCUT2D eigenvalue weighted by atomic mass is 10.0. The summed E-state index contributed by atoms with van der Waals surface area (Å²) in [7, 11) is 1.65. The molecule has 2 aromatic carbocycles. The topological polar surface area (TPSA) is 78.1 Å². The molecule has 0 unspecified atom stereocenters. The molecule has 0 radical (unpaired) electrons. The average Bonchev–Trinajstić information content (AvgIpc) is 3.11. The van der Waals surface area contributed by atoms with Crippen molar-refractivity contribution in [3.8, 4) is 27.6 Å². The molecule has 128 valence electrons. The number of amides is 1. The van der Waals surface area contributed by atoms with Gasteiger partial charge < -0.3 is 10.5 Å². The van der Waals surface area contributed by atoms with Crippen LogP contribution in [0.25, 0.3) is 32.0 Å². The molecular weight excluding hydrogens is 346 g/mol. The second kappa shape index (κ2) is 6.57. The fraction of sp³-hybridized carbons (Fsp3) is 0.0500. The number of nitrogens with two attached hydrogens (primary N) is 1. The van der Waals surface area contributed by atoms with Crippen molar-refractivity contribution in [2.75, 3.05) is 7.11 Å². The fourth-order valence-corrected chi connectivity index (χ4v) is 3.76. The number of pyridine rings is 1. The maximum absolute atomic E-state index is 11.6. The molecular formula is C20H15N3O2S. The molecule has 6 heteroatoms. The molecule has 0 saturated heterocycles. The minimum atomic E-state index is -0.489. The van der Waals surface area contributed by atoms with Crippen LogP contribution in [0, 0.1) is 0 Å². The molecule has 0 bridgehead atoms. The number of benzene rings is 2. The van der Waals surface area contributed by atoms with Gasteiger partial charge in [0.2, 0.25) is 0 Å². The number of nitrogens with zero attached hydrogens (tertiary/aromatic N) is 2. The summed E-state index contributed by atoms with van der Waals surface area (Å²) in [6.07, 6.45) is 1.65. The van der Waals surface area contributed by atoms with E-state index in [0.29, 0.717) is 11.3 Å². The van der Waals surface area contributed by atoms with Crippen molar-refractivity contribution >= 4 is 27.5 Å². The van der Waals surface area contributed by atoms with Crippen LogP contribution >= 0.6 is 11.3 Å². The van der Waals surface area contributed by atoms with E-state index in [0.717, 1.165) is 32.1 Å². The van der Waals surface area contributed by atoms with Gasteiger partial charge in [0.25, 0.3) is 5.91 Å². The van der Waals surface area contributed by atoms with Crippen molar-refractivity contribution in [3.63, 3.8) is 0 Å². The highest BCUT2D eigenvalue weighted by Gasteiger charge is 2.12. The number of carbonyl (C=O) groups is 1. The molecule has 4 aromatic rings. The van der Waals surface area contributed by atoms with E-state index < -0.39 is 5.91 Å². The number of thiazole rings is 1. The van der Waals surface area contributed by atoms with Gasteiger partial charge in [0, 0.05) is 17.3 Å². The number of primary amides is 1. The summed E-state index contributed by atoms with van der Waals surface area (Å²) in [5.41, 5.74) is 9.22. The zero-order chi connectivity index (χ0) is 18.1. The van der Waals surface area contributed by atoms with Crippen LogP contribution in [-0.2, 0) is 0 Å². The van der Waals surface area contributed by atoms with Gasteiger partial charge in [0.15, 0.2) is 0 Å². The van der Waals surface area contributed by atoms with Crippen molar-refractivity contribution in [2.24, 2.45) is 5.73 Å². The lowest BCUT2D eigenvalue weighted by molar-refractivity contribution is 0.100.